The third-order valence-electron chi connectivity index (χ3n) is 3.44. The minimum Gasteiger partial charge on any atom is -0.341 e. The van der Waals surface area contributed by atoms with Crippen LogP contribution in [0.15, 0.2) is 42.9 Å². The number of hydrogen-bond acceptors (Lipinski definition) is 4. The molecule has 1 aliphatic rings. The first-order valence-corrected chi connectivity index (χ1v) is 6.36. The zero-order valence-corrected chi connectivity index (χ0v) is 10.2. The van der Waals surface area contributed by atoms with Crippen molar-refractivity contribution in [3.8, 4) is 0 Å². The summed E-state index contributed by atoms with van der Waals surface area (Å²) >= 11 is 0. The molecule has 1 fully saturated rings. The Kier molecular flexibility index (Phi) is 3.17. The average molecular weight is 240 g/mol. The summed E-state index contributed by atoms with van der Waals surface area (Å²) in [6.07, 6.45) is 7.72. The summed E-state index contributed by atoms with van der Waals surface area (Å²) < 4.78 is 0. The van der Waals surface area contributed by atoms with Crippen molar-refractivity contribution in [2.75, 3.05) is 18.0 Å². The zero-order chi connectivity index (χ0) is 12.2. The summed E-state index contributed by atoms with van der Waals surface area (Å²) in [5, 5.41) is 0. The Labute approximate surface area is 107 Å². The fourth-order valence-corrected chi connectivity index (χ4v) is 2.45. The normalized spacial score (nSPS) is 16.8. The van der Waals surface area contributed by atoms with Gasteiger partial charge in [0, 0.05) is 43.3 Å². The molecule has 1 saturated heterocycles. The van der Waals surface area contributed by atoms with Gasteiger partial charge in [-0.1, -0.05) is 6.07 Å². The van der Waals surface area contributed by atoms with Gasteiger partial charge in [0.25, 0.3) is 0 Å². The average Bonchev–Trinajstić information content (AvgIpc) is 2.49. The lowest BCUT2D eigenvalue weighted by atomic mass is 9.93. The molecule has 0 aromatic carbocycles. The number of nitrogens with zero attached hydrogens (tertiary/aromatic N) is 4. The number of pyridine rings is 1. The van der Waals surface area contributed by atoms with Gasteiger partial charge in [-0.15, -0.1) is 0 Å². The molecule has 0 saturated carbocycles. The third-order valence-corrected chi connectivity index (χ3v) is 3.44. The van der Waals surface area contributed by atoms with E-state index in [-0.39, 0.29) is 0 Å². The third kappa shape index (κ3) is 2.32. The molecule has 92 valence electrons. The Morgan fingerprint density at radius 1 is 0.889 bits per heavy atom. The van der Waals surface area contributed by atoms with Crippen molar-refractivity contribution in [1.82, 2.24) is 15.0 Å². The van der Waals surface area contributed by atoms with Gasteiger partial charge in [0.2, 0.25) is 5.95 Å². The Morgan fingerprint density at radius 3 is 2.28 bits per heavy atom. The Hall–Kier alpha value is -1.97. The molecule has 0 radical (unpaired) electrons. The number of hydrogen-bond donors (Lipinski definition) is 0. The standard InChI is InChI=1S/C14H16N4/c1-2-7-15-13(4-1)12-5-10-18(11-6-12)14-16-8-3-9-17-14/h1-4,7-9,12H,5-6,10-11H2. The second-order valence-corrected chi connectivity index (χ2v) is 4.56. The summed E-state index contributed by atoms with van der Waals surface area (Å²) in [5.74, 6) is 1.42. The SMILES string of the molecule is c1ccc(C2CCN(c3ncccn3)CC2)nc1. The Morgan fingerprint density at radius 2 is 1.61 bits per heavy atom. The van der Waals surface area contributed by atoms with Gasteiger partial charge < -0.3 is 4.90 Å². The molecule has 2 aromatic heterocycles. The maximum atomic E-state index is 4.45. The lowest BCUT2D eigenvalue weighted by Gasteiger charge is -2.31. The van der Waals surface area contributed by atoms with Gasteiger partial charge in [-0.2, -0.15) is 0 Å². The molecular formula is C14H16N4. The first kappa shape index (κ1) is 11.1. The van der Waals surface area contributed by atoms with Crippen LogP contribution in [-0.4, -0.2) is 28.0 Å². The second-order valence-electron chi connectivity index (χ2n) is 4.56. The molecule has 1 aliphatic heterocycles. The van der Waals surface area contributed by atoms with Gasteiger partial charge in [0.05, 0.1) is 0 Å². The Balaban J connectivity index is 1.65. The summed E-state index contributed by atoms with van der Waals surface area (Å²) in [6.45, 7) is 2.01. The van der Waals surface area contributed by atoms with Gasteiger partial charge in [-0.25, -0.2) is 9.97 Å². The smallest absolute Gasteiger partial charge is 0.225 e. The van der Waals surface area contributed by atoms with Crippen LogP contribution < -0.4 is 4.90 Å². The van der Waals surface area contributed by atoms with Crippen molar-refractivity contribution < 1.29 is 0 Å². The van der Waals surface area contributed by atoms with Gasteiger partial charge in [-0.05, 0) is 31.0 Å². The van der Waals surface area contributed by atoms with E-state index in [1.807, 2.05) is 18.3 Å². The highest BCUT2D eigenvalue weighted by Crippen LogP contribution is 2.27. The molecular weight excluding hydrogens is 224 g/mol. The lowest BCUT2D eigenvalue weighted by Crippen LogP contribution is -2.34. The molecule has 18 heavy (non-hydrogen) atoms. The van der Waals surface area contributed by atoms with Crippen molar-refractivity contribution in [3.63, 3.8) is 0 Å². The fraction of sp³-hybridized carbons (Fsp3) is 0.357. The quantitative estimate of drug-likeness (QED) is 0.807. The van der Waals surface area contributed by atoms with E-state index in [1.165, 1.54) is 5.69 Å². The van der Waals surface area contributed by atoms with Gasteiger partial charge in [-0.3, -0.25) is 4.98 Å². The summed E-state index contributed by atoms with van der Waals surface area (Å²) in [5.41, 5.74) is 1.21. The summed E-state index contributed by atoms with van der Waals surface area (Å²) in [4.78, 5) is 15.3. The van der Waals surface area contributed by atoms with Crippen LogP contribution in [0.25, 0.3) is 0 Å². The topological polar surface area (TPSA) is 41.9 Å². The van der Waals surface area contributed by atoms with Crippen LogP contribution in [0.5, 0.6) is 0 Å². The van der Waals surface area contributed by atoms with Crippen LogP contribution in [0.2, 0.25) is 0 Å². The van der Waals surface area contributed by atoms with Crippen LogP contribution in [-0.2, 0) is 0 Å². The van der Waals surface area contributed by atoms with Crippen molar-refractivity contribution in [2.24, 2.45) is 0 Å². The predicted octanol–water partition coefficient (Wildman–Crippen LogP) is 2.26. The van der Waals surface area contributed by atoms with Crippen LogP contribution in [0.1, 0.15) is 24.5 Å². The number of piperidine rings is 1. The summed E-state index contributed by atoms with van der Waals surface area (Å²) in [6, 6.07) is 8.01. The van der Waals surface area contributed by atoms with Crippen molar-refractivity contribution in [1.29, 1.82) is 0 Å². The van der Waals surface area contributed by atoms with E-state index >= 15 is 0 Å². The summed E-state index contributed by atoms with van der Waals surface area (Å²) in [7, 11) is 0. The highest BCUT2D eigenvalue weighted by Gasteiger charge is 2.22. The van der Waals surface area contributed by atoms with Crippen LogP contribution >= 0.6 is 0 Å². The minimum atomic E-state index is 0.575. The van der Waals surface area contributed by atoms with E-state index in [0.717, 1.165) is 31.9 Å². The highest BCUT2D eigenvalue weighted by molar-refractivity contribution is 5.30. The molecule has 0 unspecified atom stereocenters. The maximum absolute atomic E-state index is 4.45. The Bertz CT molecular complexity index is 430. The maximum Gasteiger partial charge on any atom is 0.225 e. The molecule has 0 bridgehead atoms. The van der Waals surface area contributed by atoms with Crippen molar-refractivity contribution in [3.05, 3.63) is 48.5 Å². The van der Waals surface area contributed by atoms with E-state index < -0.39 is 0 Å². The first-order chi connectivity index (χ1) is 8.93. The molecule has 3 rings (SSSR count). The number of anilines is 1. The minimum absolute atomic E-state index is 0.575. The monoisotopic (exact) mass is 240 g/mol. The van der Waals surface area contributed by atoms with Crippen molar-refractivity contribution in [2.45, 2.75) is 18.8 Å². The molecule has 0 N–H and O–H groups in total. The van der Waals surface area contributed by atoms with Gasteiger partial charge in [0.15, 0.2) is 0 Å². The number of rotatable bonds is 2. The van der Waals surface area contributed by atoms with Crippen LogP contribution in [0.3, 0.4) is 0 Å². The molecule has 2 aromatic rings. The van der Waals surface area contributed by atoms with Gasteiger partial charge in [0.1, 0.15) is 0 Å². The molecule has 0 spiro atoms. The largest absolute Gasteiger partial charge is 0.341 e. The van der Waals surface area contributed by atoms with Crippen LogP contribution in [0, 0.1) is 0 Å². The highest BCUT2D eigenvalue weighted by atomic mass is 15.2. The van der Waals surface area contributed by atoms with Crippen molar-refractivity contribution >= 4 is 5.95 Å². The molecule has 4 nitrogen and oxygen atoms in total. The number of aromatic nitrogens is 3. The zero-order valence-electron chi connectivity index (χ0n) is 10.2. The first-order valence-electron chi connectivity index (χ1n) is 6.36. The molecule has 4 heteroatoms. The van der Waals surface area contributed by atoms with Crippen LogP contribution in [0.4, 0.5) is 5.95 Å². The fourth-order valence-electron chi connectivity index (χ4n) is 2.45. The molecule has 0 atom stereocenters. The lowest BCUT2D eigenvalue weighted by molar-refractivity contribution is 0.491. The van der Waals surface area contributed by atoms with E-state index in [4.69, 9.17) is 0 Å². The molecule has 3 heterocycles. The van der Waals surface area contributed by atoms with E-state index in [9.17, 15) is 0 Å². The predicted molar refractivity (Wildman–Crippen MR) is 70.5 cm³/mol. The molecule has 0 amide bonds. The second kappa shape index (κ2) is 5.12. The van der Waals surface area contributed by atoms with Gasteiger partial charge >= 0.3 is 0 Å². The van der Waals surface area contributed by atoms with E-state index in [1.54, 1.807) is 12.4 Å². The van der Waals surface area contributed by atoms with E-state index in [2.05, 4.69) is 32.0 Å². The molecule has 0 aliphatic carbocycles. The van der Waals surface area contributed by atoms with E-state index in [0.29, 0.717) is 5.92 Å².